The molecule has 3 saturated heterocycles. The Morgan fingerprint density at radius 3 is 1.84 bits per heavy atom. The summed E-state index contributed by atoms with van der Waals surface area (Å²) in [6.07, 6.45) is -8.19. The summed E-state index contributed by atoms with van der Waals surface area (Å²) < 4.78 is 81.0. The number of ether oxygens (including phenoxy) is 2. The molecule has 4 aromatic heterocycles. The van der Waals surface area contributed by atoms with Crippen LogP contribution in [0.5, 0.6) is 0 Å². The van der Waals surface area contributed by atoms with Gasteiger partial charge in [-0.2, -0.15) is 0 Å². The number of imidazole rings is 2. The van der Waals surface area contributed by atoms with Crippen LogP contribution >= 0.6 is 14.2 Å². The second-order valence-electron chi connectivity index (χ2n) is 9.92. The lowest BCUT2D eigenvalue weighted by Crippen LogP contribution is -2.37. The van der Waals surface area contributed by atoms with Crippen molar-refractivity contribution in [2.75, 3.05) is 24.7 Å². The van der Waals surface area contributed by atoms with E-state index in [-0.39, 0.29) is 34.0 Å². The zero-order valence-corrected chi connectivity index (χ0v) is 24.6. The molecular weight excluding hydrogens is 651 g/mol. The van der Waals surface area contributed by atoms with Gasteiger partial charge in [0.25, 0.3) is 7.47 Å². The zero-order valence-electron chi connectivity index (χ0n) is 22.0. The van der Waals surface area contributed by atoms with Gasteiger partial charge in [-0.3, -0.25) is 18.2 Å². The highest BCUT2D eigenvalue weighted by molar-refractivity contribution is 8.07. The molecule has 0 amide bonds. The molecule has 3 aliphatic heterocycles. The van der Waals surface area contributed by atoms with Crippen molar-refractivity contribution in [1.29, 1.82) is 0 Å². The minimum absolute atomic E-state index is 0.0472. The lowest BCUT2D eigenvalue weighted by atomic mass is 10.1. The largest absolute Gasteiger partial charge is 0.382 e. The van der Waals surface area contributed by atoms with Gasteiger partial charge in [0.15, 0.2) is 47.7 Å². The smallest absolute Gasteiger partial charge is 0.325 e. The van der Waals surface area contributed by atoms with Crippen LogP contribution in [0.15, 0.2) is 25.3 Å². The fraction of sp³-hybridized carbons (Fsp3) is 0.500. The third-order valence-electron chi connectivity index (χ3n) is 7.20. The molecule has 7 heterocycles. The number of nitrogens with two attached hydrogens (primary N) is 2. The number of nitrogen functional groups attached to an aromatic ring is 2. The van der Waals surface area contributed by atoms with Crippen molar-refractivity contribution in [3.8, 4) is 0 Å². The van der Waals surface area contributed by atoms with Crippen molar-refractivity contribution < 1.29 is 45.8 Å². The van der Waals surface area contributed by atoms with Crippen molar-refractivity contribution in [1.82, 2.24) is 39.0 Å². The summed E-state index contributed by atoms with van der Waals surface area (Å²) in [5.74, 6) is 0.0968. The first kappa shape index (κ1) is 29.9. The molecule has 0 bridgehead atoms. The number of rotatable bonds is 2. The first-order chi connectivity index (χ1) is 20.9. The Balaban J connectivity index is 1.17. The van der Waals surface area contributed by atoms with Crippen LogP contribution in [0.2, 0.25) is 0 Å². The highest BCUT2D eigenvalue weighted by Gasteiger charge is 2.53. The van der Waals surface area contributed by atoms with Crippen molar-refractivity contribution in [3.05, 3.63) is 25.3 Å². The average Bonchev–Trinajstić information content (AvgIpc) is 3.73. The van der Waals surface area contributed by atoms with E-state index in [1.165, 1.54) is 21.8 Å². The van der Waals surface area contributed by atoms with Gasteiger partial charge in [0.05, 0.1) is 25.9 Å². The maximum absolute atomic E-state index is 16.0. The summed E-state index contributed by atoms with van der Waals surface area (Å²) in [6, 6.07) is 0. The number of fused-ring (bicyclic) bond motifs is 4. The SMILES string of the molecule is [B]P1(=O)OC[C@H]2O[C@@H](n3cnc4c(N)ncnc43)[C@@H](F)C2OP(O)(=S)OC[C@H]2O[C@@H](n3cnc4c(N)ncnc43)[C@@H](F)C2O1. The number of nitrogens with zero attached hydrogens (tertiary/aromatic N) is 8. The van der Waals surface area contributed by atoms with Gasteiger partial charge in [-0.1, -0.05) is 0 Å². The lowest BCUT2D eigenvalue weighted by molar-refractivity contribution is -0.0566. The molecule has 0 saturated carbocycles. The fourth-order valence-electron chi connectivity index (χ4n) is 5.20. The lowest BCUT2D eigenvalue weighted by Gasteiger charge is -2.29. The van der Waals surface area contributed by atoms with Crippen LogP contribution < -0.4 is 11.5 Å². The summed E-state index contributed by atoms with van der Waals surface area (Å²) in [5.41, 5.74) is 12.3. The third-order valence-corrected chi connectivity index (χ3v) is 9.81. The van der Waals surface area contributed by atoms with E-state index in [2.05, 4.69) is 29.9 Å². The van der Waals surface area contributed by atoms with Crippen molar-refractivity contribution in [3.63, 3.8) is 0 Å². The molecule has 4 aromatic rings. The standard InChI is InChI=1S/C20H21BF2N10O8P2S/c21-42(34)36-1-7-14(10(23)20(38-7)33-6-31-12-16(25)27-4-29-18(12)33)41-43(35,44)37-2-8-13(40-42)9(22)19(39-8)32-5-30-11-15(24)26-3-28-17(11)32/h3-10,13-14,19-20H,1-2H2,(H,35,44)(H2,24,26,28)(H2,25,27,29)/t7-,8-,9+,10+,13?,14?,19-,20-,42?,43?/m1/s1. The van der Waals surface area contributed by atoms with Gasteiger partial charge in [-0.25, -0.2) is 38.7 Å². The zero-order chi connectivity index (χ0) is 31.0. The molecular formula is C20H21BF2N10O8P2S. The second kappa shape index (κ2) is 10.9. The van der Waals surface area contributed by atoms with Crippen molar-refractivity contribution in [2.24, 2.45) is 0 Å². The molecule has 5 N–H and O–H groups in total. The molecule has 232 valence electrons. The quantitative estimate of drug-likeness (QED) is 0.196. The average molecular weight is 672 g/mol. The second-order valence-corrected chi connectivity index (χ2v) is 14.3. The molecule has 4 unspecified atom stereocenters. The fourth-order valence-corrected chi connectivity index (χ4v) is 7.64. The Labute approximate surface area is 251 Å². The van der Waals surface area contributed by atoms with Crippen LogP contribution in [0, 0.1) is 0 Å². The third kappa shape index (κ3) is 5.18. The normalized spacial score (nSPS) is 38.2. The molecule has 10 atom stereocenters. The number of aromatic nitrogens is 8. The predicted octanol–water partition coefficient (Wildman–Crippen LogP) is 0.612. The molecule has 0 spiro atoms. The molecule has 3 fully saturated rings. The molecule has 7 rings (SSSR count). The minimum Gasteiger partial charge on any atom is -0.382 e. The first-order valence-corrected chi connectivity index (χ1v) is 16.9. The number of anilines is 2. The Bertz CT molecular complexity index is 1710. The summed E-state index contributed by atoms with van der Waals surface area (Å²) in [7, 11) is 1.26. The van der Waals surface area contributed by atoms with E-state index >= 15 is 8.78 Å². The van der Waals surface area contributed by atoms with Crippen LogP contribution in [0.25, 0.3) is 22.3 Å². The Kier molecular flexibility index (Phi) is 7.43. The molecule has 44 heavy (non-hydrogen) atoms. The van der Waals surface area contributed by atoms with Gasteiger partial charge in [0, 0.05) is 0 Å². The van der Waals surface area contributed by atoms with Gasteiger partial charge in [-0.15, -0.1) is 0 Å². The maximum atomic E-state index is 16.0. The topological polar surface area (TPSA) is 232 Å². The van der Waals surface area contributed by atoms with Crippen molar-refractivity contribution in [2.45, 2.75) is 49.2 Å². The number of hydrogen-bond donors (Lipinski definition) is 3. The maximum Gasteiger partial charge on any atom is 0.325 e. The van der Waals surface area contributed by atoms with E-state index in [0.29, 0.717) is 0 Å². The van der Waals surface area contributed by atoms with E-state index < -0.39 is 76.6 Å². The van der Waals surface area contributed by atoms with Crippen LogP contribution in [0.4, 0.5) is 20.4 Å². The Morgan fingerprint density at radius 2 is 1.32 bits per heavy atom. The highest BCUT2D eigenvalue weighted by Crippen LogP contribution is 2.54. The van der Waals surface area contributed by atoms with E-state index in [0.717, 1.165) is 12.7 Å². The monoisotopic (exact) mass is 672 g/mol. The molecule has 0 aromatic carbocycles. The van der Waals surface area contributed by atoms with Gasteiger partial charge in [0.1, 0.15) is 48.1 Å². The van der Waals surface area contributed by atoms with Crippen LogP contribution in [-0.4, -0.2) is 101 Å². The summed E-state index contributed by atoms with van der Waals surface area (Å²) in [6.45, 7) is -5.58. The van der Waals surface area contributed by atoms with Gasteiger partial charge >= 0.3 is 6.72 Å². The molecule has 24 heteroatoms. The van der Waals surface area contributed by atoms with E-state index in [1.54, 1.807) is 0 Å². The summed E-state index contributed by atoms with van der Waals surface area (Å²) >= 11 is 5.14. The minimum atomic E-state index is -4.57. The van der Waals surface area contributed by atoms with Gasteiger partial charge < -0.3 is 39.4 Å². The number of halogens is 2. The van der Waals surface area contributed by atoms with Crippen LogP contribution in [0.1, 0.15) is 12.5 Å². The molecule has 3 aliphatic rings. The van der Waals surface area contributed by atoms with E-state index in [1.807, 2.05) is 0 Å². The van der Waals surface area contributed by atoms with E-state index in [4.69, 9.17) is 58.4 Å². The summed E-state index contributed by atoms with van der Waals surface area (Å²) in [5, 5.41) is 0. The Morgan fingerprint density at radius 1 is 0.841 bits per heavy atom. The first-order valence-electron chi connectivity index (χ1n) is 12.7. The van der Waals surface area contributed by atoms with Crippen molar-refractivity contribution >= 4 is 67.5 Å². The van der Waals surface area contributed by atoms with Crippen LogP contribution in [0.3, 0.4) is 0 Å². The van der Waals surface area contributed by atoms with Gasteiger partial charge in [-0.05, 0) is 11.8 Å². The number of alkyl halides is 2. The molecule has 0 aliphatic carbocycles. The molecule has 2 radical (unpaired) electrons. The van der Waals surface area contributed by atoms with E-state index in [9.17, 15) is 9.46 Å². The Hall–Kier alpha value is -2.78. The van der Waals surface area contributed by atoms with Gasteiger partial charge in [0.2, 0.25) is 7.57 Å². The molecule has 18 nitrogen and oxygen atoms in total. The summed E-state index contributed by atoms with van der Waals surface area (Å²) in [4.78, 5) is 34.9. The highest BCUT2D eigenvalue weighted by atomic mass is 32.5. The number of hydrogen-bond acceptors (Lipinski definition) is 16. The van der Waals surface area contributed by atoms with Crippen LogP contribution in [-0.2, 0) is 43.9 Å². The predicted molar refractivity (Wildman–Crippen MR) is 149 cm³/mol.